The van der Waals surface area contributed by atoms with Crippen molar-refractivity contribution in [1.82, 2.24) is 4.90 Å². The Morgan fingerprint density at radius 1 is 1.09 bits per heavy atom. The molecule has 0 unspecified atom stereocenters. The number of carbonyl (C=O) groups is 1. The summed E-state index contributed by atoms with van der Waals surface area (Å²) in [5.41, 5.74) is 0.476. The first-order valence-electron chi connectivity index (χ1n) is 9.29. The fourth-order valence-corrected chi connectivity index (χ4v) is 3.45. The Balaban J connectivity index is 1.94. The van der Waals surface area contributed by atoms with E-state index in [-0.39, 0.29) is 35.8 Å². The molecule has 3 rings (SSSR count). The van der Waals surface area contributed by atoms with Crippen molar-refractivity contribution >= 4 is 21.7 Å². The molecule has 0 bridgehead atoms. The fourth-order valence-electron chi connectivity index (χ4n) is 2.99. The quantitative estimate of drug-likeness (QED) is 0.270. The maximum absolute atomic E-state index is 13.2. The maximum atomic E-state index is 13.2. The Hall–Kier alpha value is -3.86. The summed E-state index contributed by atoms with van der Waals surface area (Å²) in [7, 11) is -2.43. The first-order valence-corrected chi connectivity index (χ1v) is 11.1. The third-order valence-electron chi connectivity index (χ3n) is 4.36. The number of furan rings is 1. The van der Waals surface area contributed by atoms with Crippen molar-refractivity contribution in [2.24, 2.45) is 0 Å². The van der Waals surface area contributed by atoms with Gasteiger partial charge in [0, 0.05) is 24.2 Å². The van der Waals surface area contributed by atoms with Gasteiger partial charge in [0.05, 0.1) is 31.1 Å². The number of ether oxygens (including phenoxy) is 1. The molecule has 3 aromatic rings. The zero-order chi connectivity index (χ0) is 23.3. The van der Waals surface area contributed by atoms with Gasteiger partial charge >= 0.3 is 10.1 Å². The molecule has 0 N–H and O–H groups in total. The van der Waals surface area contributed by atoms with Gasteiger partial charge < -0.3 is 18.2 Å². The lowest BCUT2D eigenvalue weighted by Crippen LogP contribution is -2.30. The maximum Gasteiger partial charge on any atom is 0.306 e. The second-order valence-corrected chi connectivity index (χ2v) is 8.40. The molecule has 1 aromatic heterocycles. The fraction of sp³-hybridized carbons (Fsp3) is 0.190. The monoisotopic (exact) mass is 460 g/mol. The van der Waals surface area contributed by atoms with Crippen LogP contribution in [0.5, 0.6) is 11.5 Å². The van der Waals surface area contributed by atoms with Crippen LogP contribution in [0.2, 0.25) is 0 Å². The highest BCUT2D eigenvalue weighted by Gasteiger charge is 2.21. The molecular formula is C21H20N2O8S. The second-order valence-electron chi connectivity index (χ2n) is 6.82. The summed E-state index contributed by atoms with van der Waals surface area (Å²) in [6.07, 6.45) is 2.38. The van der Waals surface area contributed by atoms with Crippen molar-refractivity contribution in [3.63, 3.8) is 0 Å². The van der Waals surface area contributed by atoms with Gasteiger partial charge in [-0.05, 0) is 35.9 Å². The van der Waals surface area contributed by atoms with Crippen molar-refractivity contribution < 1.29 is 31.5 Å². The van der Waals surface area contributed by atoms with Crippen molar-refractivity contribution in [3.8, 4) is 11.5 Å². The number of nitro benzene ring substituents is 1. The Morgan fingerprint density at radius 2 is 1.88 bits per heavy atom. The molecule has 1 heterocycles. The van der Waals surface area contributed by atoms with E-state index in [0.717, 1.165) is 6.26 Å². The van der Waals surface area contributed by atoms with Gasteiger partial charge in [0.1, 0.15) is 5.76 Å². The van der Waals surface area contributed by atoms with Crippen LogP contribution < -0.4 is 8.92 Å². The average Bonchev–Trinajstić information content (AvgIpc) is 3.25. The largest absolute Gasteiger partial charge is 0.493 e. The van der Waals surface area contributed by atoms with Crippen molar-refractivity contribution in [3.05, 3.63) is 87.9 Å². The Kier molecular flexibility index (Phi) is 6.79. The highest BCUT2D eigenvalue weighted by atomic mass is 32.2. The van der Waals surface area contributed by atoms with Crippen LogP contribution in [0.3, 0.4) is 0 Å². The number of nitrogens with zero attached hydrogens (tertiary/aromatic N) is 2. The Labute approximate surface area is 184 Å². The van der Waals surface area contributed by atoms with E-state index in [2.05, 4.69) is 0 Å². The molecule has 10 nitrogen and oxygen atoms in total. The van der Waals surface area contributed by atoms with E-state index in [4.69, 9.17) is 13.3 Å². The van der Waals surface area contributed by atoms with Crippen LogP contribution in [-0.2, 0) is 23.2 Å². The van der Waals surface area contributed by atoms with E-state index in [1.807, 2.05) is 0 Å². The molecule has 0 spiro atoms. The van der Waals surface area contributed by atoms with Gasteiger partial charge in [-0.2, -0.15) is 8.42 Å². The summed E-state index contributed by atoms with van der Waals surface area (Å²) in [5.74, 6) is 0.228. The van der Waals surface area contributed by atoms with E-state index in [9.17, 15) is 23.3 Å². The number of hydrogen-bond donors (Lipinski definition) is 0. The molecule has 168 valence electrons. The number of amides is 1. The van der Waals surface area contributed by atoms with Crippen LogP contribution in [0.15, 0.2) is 65.3 Å². The first kappa shape index (κ1) is 22.8. The van der Waals surface area contributed by atoms with Gasteiger partial charge in [-0.1, -0.05) is 12.1 Å². The highest BCUT2D eigenvalue weighted by molar-refractivity contribution is 7.86. The van der Waals surface area contributed by atoms with E-state index >= 15 is 0 Å². The third-order valence-corrected chi connectivity index (χ3v) is 4.84. The number of hydrogen-bond acceptors (Lipinski definition) is 8. The SMILES string of the molecule is COc1ccc(CN(Cc2ccco2)C(=O)c2cccc([N+](=O)[O-])c2)cc1OS(C)(=O)=O. The van der Waals surface area contributed by atoms with E-state index in [0.29, 0.717) is 11.3 Å². The van der Waals surface area contributed by atoms with Crippen LogP contribution in [0.1, 0.15) is 21.7 Å². The predicted octanol–water partition coefficient (Wildman–Crippen LogP) is 3.38. The van der Waals surface area contributed by atoms with Crippen LogP contribution in [0.25, 0.3) is 0 Å². The average molecular weight is 460 g/mol. The minimum absolute atomic E-state index is 0.0201. The Morgan fingerprint density at radius 3 is 2.50 bits per heavy atom. The highest BCUT2D eigenvalue weighted by Crippen LogP contribution is 2.30. The van der Waals surface area contributed by atoms with Gasteiger partial charge in [0.2, 0.25) is 0 Å². The summed E-state index contributed by atoms with van der Waals surface area (Å²) < 4.78 is 38.6. The predicted molar refractivity (Wildman–Crippen MR) is 114 cm³/mol. The zero-order valence-electron chi connectivity index (χ0n) is 17.3. The zero-order valence-corrected chi connectivity index (χ0v) is 18.1. The molecule has 0 atom stereocenters. The van der Waals surface area contributed by atoms with Crippen LogP contribution in [-0.4, -0.2) is 37.5 Å². The molecule has 0 aliphatic carbocycles. The normalized spacial score (nSPS) is 11.1. The van der Waals surface area contributed by atoms with Crippen LogP contribution in [0.4, 0.5) is 5.69 Å². The number of methoxy groups -OCH3 is 1. The van der Waals surface area contributed by atoms with Gasteiger partial charge in [0.25, 0.3) is 11.6 Å². The topological polar surface area (TPSA) is 129 Å². The summed E-state index contributed by atoms with van der Waals surface area (Å²) in [5, 5.41) is 11.1. The number of carbonyl (C=O) groups excluding carboxylic acids is 1. The minimum atomic E-state index is -3.81. The molecule has 0 saturated heterocycles. The smallest absolute Gasteiger partial charge is 0.306 e. The number of non-ortho nitro benzene ring substituents is 1. The molecule has 32 heavy (non-hydrogen) atoms. The van der Waals surface area contributed by atoms with E-state index < -0.39 is 20.9 Å². The van der Waals surface area contributed by atoms with Gasteiger partial charge in [-0.15, -0.1) is 0 Å². The number of nitro groups is 1. The molecule has 11 heteroatoms. The molecule has 2 aromatic carbocycles. The lowest BCUT2D eigenvalue weighted by molar-refractivity contribution is -0.384. The lowest BCUT2D eigenvalue weighted by Gasteiger charge is -2.22. The van der Waals surface area contributed by atoms with Crippen molar-refractivity contribution in [2.45, 2.75) is 13.1 Å². The van der Waals surface area contributed by atoms with Gasteiger partial charge in [-0.25, -0.2) is 0 Å². The molecule has 0 aliphatic heterocycles. The van der Waals surface area contributed by atoms with E-state index in [1.165, 1.54) is 54.7 Å². The van der Waals surface area contributed by atoms with Crippen molar-refractivity contribution in [2.75, 3.05) is 13.4 Å². The van der Waals surface area contributed by atoms with Gasteiger partial charge in [-0.3, -0.25) is 14.9 Å². The lowest BCUT2D eigenvalue weighted by atomic mass is 10.1. The number of benzene rings is 2. The second kappa shape index (κ2) is 9.52. The molecule has 0 aliphatic rings. The summed E-state index contributed by atoms with van der Waals surface area (Å²) in [4.78, 5) is 25.1. The first-order chi connectivity index (χ1) is 15.2. The number of rotatable bonds is 9. The summed E-state index contributed by atoms with van der Waals surface area (Å²) in [6.45, 7) is 0.134. The Bertz CT molecular complexity index is 1220. The molecule has 0 fully saturated rings. The minimum Gasteiger partial charge on any atom is -0.493 e. The third kappa shape index (κ3) is 5.85. The summed E-state index contributed by atoms with van der Waals surface area (Å²) in [6, 6.07) is 13.4. The molecule has 0 radical (unpaired) electrons. The van der Waals surface area contributed by atoms with E-state index in [1.54, 1.807) is 18.2 Å². The van der Waals surface area contributed by atoms with Crippen LogP contribution in [0, 0.1) is 10.1 Å². The van der Waals surface area contributed by atoms with Gasteiger partial charge in [0.15, 0.2) is 11.5 Å². The van der Waals surface area contributed by atoms with Crippen LogP contribution >= 0.6 is 0 Å². The summed E-state index contributed by atoms with van der Waals surface area (Å²) >= 11 is 0. The van der Waals surface area contributed by atoms with Crippen molar-refractivity contribution in [1.29, 1.82) is 0 Å². The molecule has 0 saturated carbocycles. The molecular weight excluding hydrogens is 440 g/mol. The molecule has 1 amide bonds. The standard InChI is InChI=1S/C21H20N2O8S/c1-29-19-9-8-15(11-20(19)31-32(2,27)28)13-22(14-18-7-4-10-30-18)21(24)16-5-3-6-17(12-16)23(25)26/h3-12H,13-14H2,1-2H3.